The quantitative estimate of drug-likeness (QED) is 0.643. The summed E-state index contributed by atoms with van der Waals surface area (Å²) in [6.45, 7) is 9.14. The summed E-state index contributed by atoms with van der Waals surface area (Å²) in [4.78, 5) is 0. The van der Waals surface area contributed by atoms with Crippen LogP contribution in [0.1, 0.15) is 51.3 Å². The van der Waals surface area contributed by atoms with E-state index in [0.717, 1.165) is 30.7 Å². The molecule has 0 aliphatic carbocycles. The molecular formula is C22H32F3N2O+. The fourth-order valence-corrected chi connectivity index (χ4v) is 3.48. The molecule has 1 aliphatic rings. The van der Waals surface area contributed by atoms with E-state index in [1.807, 2.05) is 53.0 Å². The lowest BCUT2D eigenvalue weighted by molar-refractivity contribution is -0.928. The van der Waals surface area contributed by atoms with Crippen molar-refractivity contribution >= 4 is 0 Å². The first-order chi connectivity index (χ1) is 13.0. The van der Waals surface area contributed by atoms with Crippen molar-refractivity contribution < 1.29 is 22.8 Å². The molecule has 1 aliphatic heterocycles. The predicted octanol–water partition coefficient (Wildman–Crippen LogP) is 5.69. The van der Waals surface area contributed by atoms with E-state index in [2.05, 4.69) is 6.08 Å². The maximum Gasteiger partial charge on any atom is 0.416 e. The molecule has 3 nitrogen and oxygen atoms in total. The van der Waals surface area contributed by atoms with Crippen LogP contribution in [0.5, 0.6) is 5.75 Å². The maximum absolute atomic E-state index is 12.9. The molecule has 1 aromatic rings. The van der Waals surface area contributed by atoms with Gasteiger partial charge in [0.2, 0.25) is 0 Å². The zero-order chi connectivity index (χ0) is 21.5. The zero-order valence-electron chi connectivity index (χ0n) is 17.3. The van der Waals surface area contributed by atoms with Gasteiger partial charge in [0, 0.05) is 12.1 Å². The highest BCUT2D eigenvalue weighted by atomic mass is 19.4. The van der Waals surface area contributed by atoms with Gasteiger partial charge in [-0.05, 0) is 43.7 Å². The monoisotopic (exact) mass is 397 g/mol. The summed E-state index contributed by atoms with van der Waals surface area (Å²) in [5, 5.41) is 10.4. The minimum absolute atomic E-state index is 0.266. The third-order valence-electron chi connectivity index (χ3n) is 4.84. The number of phenolic OH excluding ortho intramolecular Hbond substituents is 1. The number of halogens is 3. The van der Waals surface area contributed by atoms with Crippen molar-refractivity contribution in [2.24, 2.45) is 5.73 Å². The number of hydrogen-bond acceptors (Lipinski definition) is 2. The van der Waals surface area contributed by atoms with Gasteiger partial charge >= 0.3 is 6.18 Å². The number of likely N-dealkylation sites (N-methyl/N-ethyl adjacent to an activating group) is 1. The first-order valence-corrected chi connectivity index (χ1v) is 9.54. The van der Waals surface area contributed by atoms with Gasteiger partial charge < -0.3 is 15.3 Å². The summed E-state index contributed by atoms with van der Waals surface area (Å²) in [5.74, 6) is -0.333. The van der Waals surface area contributed by atoms with E-state index in [0.29, 0.717) is 22.3 Å². The SMILES string of the molecule is C/C(N)=C\C[N+]1(C)CC/C=C\C=C(/C)C1c1ccc(C(F)(F)F)cc1O.CC. The van der Waals surface area contributed by atoms with Crippen LogP contribution in [-0.2, 0) is 6.18 Å². The van der Waals surface area contributed by atoms with Crippen LogP contribution in [0.4, 0.5) is 13.2 Å². The van der Waals surface area contributed by atoms with Crippen LogP contribution in [-0.4, -0.2) is 29.7 Å². The molecular weight excluding hydrogens is 365 g/mol. The number of phenols is 1. The molecule has 156 valence electrons. The number of aromatic hydroxyl groups is 1. The van der Waals surface area contributed by atoms with Crippen molar-refractivity contribution in [3.8, 4) is 5.75 Å². The Labute approximate surface area is 166 Å². The Bertz CT molecular complexity index is 747. The van der Waals surface area contributed by atoms with Crippen LogP contribution in [0.15, 0.2) is 53.8 Å². The molecule has 0 bridgehead atoms. The first kappa shape index (κ1) is 23.8. The number of hydrogen-bond donors (Lipinski definition) is 2. The van der Waals surface area contributed by atoms with Gasteiger partial charge in [0.05, 0.1) is 31.3 Å². The topological polar surface area (TPSA) is 46.2 Å². The molecule has 0 fully saturated rings. The van der Waals surface area contributed by atoms with Crippen LogP contribution in [0.3, 0.4) is 0 Å². The summed E-state index contributed by atoms with van der Waals surface area (Å²) in [6, 6.07) is 2.97. The van der Waals surface area contributed by atoms with Gasteiger partial charge in [0.1, 0.15) is 11.8 Å². The van der Waals surface area contributed by atoms with E-state index in [4.69, 9.17) is 5.73 Å². The fraction of sp³-hybridized carbons (Fsp3) is 0.455. The summed E-state index contributed by atoms with van der Waals surface area (Å²) in [6.07, 6.45) is 4.25. The van der Waals surface area contributed by atoms with E-state index in [9.17, 15) is 18.3 Å². The van der Waals surface area contributed by atoms with Crippen LogP contribution in [0.25, 0.3) is 0 Å². The van der Waals surface area contributed by atoms with Crippen molar-refractivity contribution in [1.82, 2.24) is 0 Å². The van der Waals surface area contributed by atoms with Crippen LogP contribution in [0, 0.1) is 0 Å². The fourth-order valence-electron chi connectivity index (χ4n) is 3.48. The maximum atomic E-state index is 12.9. The molecule has 28 heavy (non-hydrogen) atoms. The molecule has 0 amide bonds. The minimum Gasteiger partial charge on any atom is -0.507 e. The molecule has 3 N–H and O–H groups in total. The number of rotatable bonds is 3. The van der Waals surface area contributed by atoms with Gasteiger partial charge in [0.25, 0.3) is 0 Å². The van der Waals surface area contributed by atoms with Crippen LogP contribution in [0.2, 0.25) is 0 Å². The van der Waals surface area contributed by atoms with E-state index >= 15 is 0 Å². The molecule has 0 radical (unpaired) electrons. The van der Waals surface area contributed by atoms with Crippen molar-refractivity contribution in [2.75, 3.05) is 20.1 Å². The predicted molar refractivity (Wildman–Crippen MR) is 109 cm³/mol. The van der Waals surface area contributed by atoms with E-state index in [1.165, 1.54) is 6.07 Å². The largest absolute Gasteiger partial charge is 0.507 e. The second kappa shape index (κ2) is 9.82. The van der Waals surface area contributed by atoms with E-state index < -0.39 is 11.7 Å². The molecule has 2 atom stereocenters. The van der Waals surface area contributed by atoms with Crippen molar-refractivity contribution in [1.29, 1.82) is 0 Å². The Balaban J connectivity index is 0.00000190. The van der Waals surface area contributed by atoms with Crippen molar-refractivity contribution in [3.05, 3.63) is 64.9 Å². The molecule has 2 unspecified atom stereocenters. The Hall–Kier alpha value is -2.21. The lowest BCUT2D eigenvalue weighted by atomic mass is 9.92. The highest BCUT2D eigenvalue weighted by Gasteiger charge is 2.38. The molecule has 0 saturated heterocycles. The molecule has 6 heteroatoms. The summed E-state index contributed by atoms with van der Waals surface area (Å²) >= 11 is 0. The number of quaternary nitrogens is 1. The highest BCUT2D eigenvalue weighted by molar-refractivity contribution is 5.42. The van der Waals surface area contributed by atoms with E-state index in [-0.39, 0.29) is 11.8 Å². The summed E-state index contributed by atoms with van der Waals surface area (Å²) < 4.78 is 39.3. The number of allylic oxidation sites excluding steroid dienone is 3. The molecule has 2 rings (SSSR count). The Morgan fingerprint density at radius 1 is 1.32 bits per heavy atom. The van der Waals surface area contributed by atoms with Crippen LogP contribution < -0.4 is 5.73 Å². The Kier molecular flexibility index (Phi) is 8.36. The highest BCUT2D eigenvalue weighted by Crippen LogP contribution is 2.41. The zero-order valence-corrected chi connectivity index (χ0v) is 17.3. The molecule has 1 heterocycles. The molecule has 1 aromatic carbocycles. The summed E-state index contributed by atoms with van der Waals surface area (Å²) in [5.41, 5.74) is 7.11. The van der Waals surface area contributed by atoms with Gasteiger partial charge in [-0.2, -0.15) is 13.2 Å². The average molecular weight is 398 g/mol. The standard InChI is InChI=1S/C20H25F3N2O.C2H6/c1-14-7-5-4-6-11-25(3,12-10-15(2)24)19(14)17-9-8-16(13-18(17)26)20(21,22)23;1-2/h4-5,7-10,13,19H,6,11-12,24H2,1-3H3;1-2H3/p+1/b5-4-,14-7+,15-10+;. The Morgan fingerprint density at radius 2 is 1.96 bits per heavy atom. The van der Waals surface area contributed by atoms with Gasteiger partial charge in [-0.15, -0.1) is 0 Å². The average Bonchev–Trinajstić information content (AvgIpc) is 2.61. The van der Waals surface area contributed by atoms with Crippen molar-refractivity contribution in [2.45, 2.75) is 46.3 Å². The van der Waals surface area contributed by atoms with Crippen molar-refractivity contribution in [3.63, 3.8) is 0 Å². The molecule has 0 aromatic heterocycles. The first-order valence-electron chi connectivity index (χ1n) is 9.54. The second-order valence-corrected chi connectivity index (χ2v) is 7.14. The van der Waals surface area contributed by atoms with E-state index in [1.54, 1.807) is 0 Å². The normalized spacial score (nSPS) is 26.2. The van der Waals surface area contributed by atoms with Crippen LogP contribution >= 0.6 is 0 Å². The minimum atomic E-state index is -4.48. The smallest absolute Gasteiger partial charge is 0.416 e. The van der Waals surface area contributed by atoms with Gasteiger partial charge in [0.15, 0.2) is 0 Å². The molecule has 0 saturated carbocycles. The van der Waals surface area contributed by atoms with Gasteiger partial charge in [-0.3, -0.25) is 0 Å². The molecule has 0 spiro atoms. The van der Waals surface area contributed by atoms with Gasteiger partial charge in [-0.25, -0.2) is 0 Å². The number of nitrogens with zero attached hydrogens (tertiary/aromatic N) is 1. The number of alkyl halides is 3. The number of nitrogens with two attached hydrogens (primary N) is 1. The second-order valence-electron chi connectivity index (χ2n) is 7.14. The lowest BCUT2D eigenvalue weighted by Gasteiger charge is -2.42. The third kappa shape index (κ3) is 5.89. The Morgan fingerprint density at radius 3 is 2.50 bits per heavy atom. The van der Waals surface area contributed by atoms with Gasteiger partial charge in [-0.1, -0.05) is 32.1 Å². The lowest BCUT2D eigenvalue weighted by Crippen LogP contribution is -2.48. The third-order valence-corrected chi connectivity index (χ3v) is 4.84. The summed E-state index contributed by atoms with van der Waals surface area (Å²) in [7, 11) is 2.04. The number of benzene rings is 1.